The molecule has 2 aromatic rings. The highest BCUT2D eigenvalue weighted by Crippen LogP contribution is 2.28. The summed E-state index contributed by atoms with van der Waals surface area (Å²) in [5, 5.41) is 0. The third-order valence-electron chi connectivity index (χ3n) is 4.45. The fourth-order valence-corrected chi connectivity index (χ4v) is 3.14. The normalized spacial score (nSPS) is 20.5. The SMILES string of the molecule is C[C@@H]1CN(c2ccccn2)C[C@H]1C(=O)N(C)Cc1ccncc1. The lowest BCUT2D eigenvalue weighted by Crippen LogP contribution is -2.36. The first kappa shape index (κ1) is 15.5. The van der Waals surface area contributed by atoms with Gasteiger partial charge in [-0.05, 0) is 35.7 Å². The van der Waals surface area contributed by atoms with Gasteiger partial charge in [-0.1, -0.05) is 13.0 Å². The van der Waals surface area contributed by atoms with Crippen molar-refractivity contribution >= 4 is 11.7 Å². The van der Waals surface area contributed by atoms with E-state index in [9.17, 15) is 4.79 Å². The molecule has 1 saturated heterocycles. The molecule has 0 bridgehead atoms. The topological polar surface area (TPSA) is 49.3 Å². The van der Waals surface area contributed by atoms with Crippen LogP contribution in [-0.4, -0.2) is 40.9 Å². The van der Waals surface area contributed by atoms with E-state index in [1.807, 2.05) is 42.3 Å². The van der Waals surface area contributed by atoms with Gasteiger partial charge in [-0.15, -0.1) is 0 Å². The van der Waals surface area contributed by atoms with Crippen molar-refractivity contribution in [2.75, 3.05) is 25.0 Å². The summed E-state index contributed by atoms with van der Waals surface area (Å²) in [6.07, 6.45) is 5.31. The number of hydrogen-bond acceptors (Lipinski definition) is 4. The molecule has 23 heavy (non-hydrogen) atoms. The van der Waals surface area contributed by atoms with Crippen molar-refractivity contribution in [3.05, 3.63) is 54.5 Å². The van der Waals surface area contributed by atoms with Crippen LogP contribution < -0.4 is 4.90 Å². The van der Waals surface area contributed by atoms with E-state index in [0.29, 0.717) is 12.5 Å². The Hall–Kier alpha value is -2.43. The number of aromatic nitrogens is 2. The van der Waals surface area contributed by atoms with Crippen LogP contribution in [0.25, 0.3) is 0 Å². The van der Waals surface area contributed by atoms with Crippen LogP contribution in [0.2, 0.25) is 0 Å². The van der Waals surface area contributed by atoms with Crippen molar-refractivity contribution in [3.8, 4) is 0 Å². The highest BCUT2D eigenvalue weighted by Gasteiger charge is 2.36. The first-order valence-electron chi connectivity index (χ1n) is 7.95. The van der Waals surface area contributed by atoms with Crippen LogP contribution >= 0.6 is 0 Å². The molecule has 0 aliphatic carbocycles. The molecule has 3 heterocycles. The van der Waals surface area contributed by atoms with Crippen LogP contribution in [-0.2, 0) is 11.3 Å². The molecule has 0 saturated carbocycles. The first-order valence-corrected chi connectivity index (χ1v) is 7.95. The minimum absolute atomic E-state index is 0.0174. The quantitative estimate of drug-likeness (QED) is 0.869. The zero-order chi connectivity index (χ0) is 16.2. The molecule has 3 rings (SSSR count). The van der Waals surface area contributed by atoms with Gasteiger partial charge in [-0.25, -0.2) is 4.98 Å². The third kappa shape index (κ3) is 3.50. The Balaban J connectivity index is 1.65. The monoisotopic (exact) mass is 310 g/mol. The number of anilines is 1. The molecule has 2 aromatic heterocycles. The summed E-state index contributed by atoms with van der Waals surface area (Å²) in [6, 6.07) is 9.79. The van der Waals surface area contributed by atoms with Crippen LogP contribution in [0.4, 0.5) is 5.82 Å². The zero-order valence-corrected chi connectivity index (χ0v) is 13.6. The molecule has 1 aliphatic rings. The van der Waals surface area contributed by atoms with E-state index in [-0.39, 0.29) is 11.8 Å². The molecule has 5 nitrogen and oxygen atoms in total. The Morgan fingerprint density at radius 2 is 2.00 bits per heavy atom. The molecule has 0 radical (unpaired) electrons. The van der Waals surface area contributed by atoms with E-state index in [4.69, 9.17) is 0 Å². The average Bonchev–Trinajstić information content (AvgIpc) is 2.97. The fraction of sp³-hybridized carbons (Fsp3) is 0.389. The number of hydrogen-bond donors (Lipinski definition) is 0. The summed E-state index contributed by atoms with van der Waals surface area (Å²) >= 11 is 0. The van der Waals surface area contributed by atoms with Gasteiger partial charge in [0, 0.05) is 45.3 Å². The second-order valence-electron chi connectivity index (χ2n) is 6.23. The van der Waals surface area contributed by atoms with Gasteiger partial charge >= 0.3 is 0 Å². The smallest absolute Gasteiger partial charge is 0.227 e. The molecular formula is C18H22N4O. The zero-order valence-electron chi connectivity index (χ0n) is 13.6. The molecule has 0 aromatic carbocycles. The van der Waals surface area contributed by atoms with E-state index in [1.165, 1.54) is 0 Å². The van der Waals surface area contributed by atoms with Crippen molar-refractivity contribution in [2.24, 2.45) is 11.8 Å². The number of carbonyl (C=O) groups is 1. The highest BCUT2D eigenvalue weighted by molar-refractivity contribution is 5.80. The summed E-state index contributed by atoms with van der Waals surface area (Å²) in [6.45, 7) is 4.37. The first-order chi connectivity index (χ1) is 11.1. The number of nitrogens with zero attached hydrogens (tertiary/aromatic N) is 4. The van der Waals surface area contributed by atoms with Gasteiger partial charge in [-0.3, -0.25) is 9.78 Å². The minimum atomic E-state index is 0.0174. The van der Waals surface area contributed by atoms with Gasteiger partial charge < -0.3 is 9.80 Å². The Kier molecular flexibility index (Phi) is 4.55. The molecule has 1 amide bonds. The number of pyridine rings is 2. The number of amides is 1. The molecule has 120 valence electrons. The van der Waals surface area contributed by atoms with Crippen molar-refractivity contribution in [1.82, 2.24) is 14.9 Å². The van der Waals surface area contributed by atoms with Gasteiger partial charge in [0.15, 0.2) is 0 Å². The molecule has 0 spiro atoms. The van der Waals surface area contributed by atoms with Gasteiger partial charge in [0.25, 0.3) is 0 Å². The summed E-state index contributed by atoms with van der Waals surface area (Å²) in [4.78, 5) is 25.2. The lowest BCUT2D eigenvalue weighted by atomic mass is 9.96. The van der Waals surface area contributed by atoms with Gasteiger partial charge in [0.2, 0.25) is 5.91 Å². The van der Waals surface area contributed by atoms with Crippen LogP contribution in [0.3, 0.4) is 0 Å². The molecule has 0 N–H and O–H groups in total. The van der Waals surface area contributed by atoms with E-state index in [1.54, 1.807) is 18.6 Å². The molecule has 1 aliphatic heterocycles. The predicted octanol–water partition coefficient (Wildman–Crippen LogP) is 2.21. The maximum atomic E-state index is 12.8. The highest BCUT2D eigenvalue weighted by atomic mass is 16.2. The van der Waals surface area contributed by atoms with Crippen molar-refractivity contribution < 1.29 is 4.79 Å². The number of carbonyl (C=O) groups excluding carboxylic acids is 1. The Morgan fingerprint density at radius 3 is 2.70 bits per heavy atom. The van der Waals surface area contributed by atoms with Crippen molar-refractivity contribution in [2.45, 2.75) is 13.5 Å². The lowest BCUT2D eigenvalue weighted by Gasteiger charge is -2.23. The molecule has 2 atom stereocenters. The van der Waals surface area contributed by atoms with Gasteiger partial charge in [0.1, 0.15) is 5.82 Å². The van der Waals surface area contributed by atoms with E-state index in [2.05, 4.69) is 21.8 Å². The summed E-state index contributed by atoms with van der Waals surface area (Å²) in [5.74, 6) is 1.49. The second-order valence-corrected chi connectivity index (χ2v) is 6.23. The van der Waals surface area contributed by atoms with Crippen molar-refractivity contribution in [3.63, 3.8) is 0 Å². The maximum absolute atomic E-state index is 12.8. The average molecular weight is 310 g/mol. The van der Waals surface area contributed by atoms with E-state index >= 15 is 0 Å². The molecule has 0 unspecified atom stereocenters. The van der Waals surface area contributed by atoms with Crippen LogP contribution in [0, 0.1) is 11.8 Å². The summed E-state index contributed by atoms with van der Waals surface area (Å²) in [5.41, 5.74) is 1.10. The Bertz CT molecular complexity index is 647. The summed E-state index contributed by atoms with van der Waals surface area (Å²) < 4.78 is 0. The van der Waals surface area contributed by atoms with Crippen LogP contribution in [0.1, 0.15) is 12.5 Å². The third-order valence-corrected chi connectivity index (χ3v) is 4.45. The largest absolute Gasteiger partial charge is 0.356 e. The summed E-state index contributed by atoms with van der Waals surface area (Å²) in [7, 11) is 1.87. The molecule has 5 heteroatoms. The Morgan fingerprint density at radius 1 is 1.22 bits per heavy atom. The maximum Gasteiger partial charge on any atom is 0.227 e. The molecular weight excluding hydrogens is 288 g/mol. The van der Waals surface area contributed by atoms with Gasteiger partial charge in [0.05, 0.1) is 5.92 Å². The Labute approximate surface area is 137 Å². The van der Waals surface area contributed by atoms with Crippen molar-refractivity contribution in [1.29, 1.82) is 0 Å². The lowest BCUT2D eigenvalue weighted by molar-refractivity contribution is -0.135. The fourth-order valence-electron chi connectivity index (χ4n) is 3.14. The van der Waals surface area contributed by atoms with E-state index < -0.39 is 0 Å². The predicted molar refractivity (Wildman–Crippen MR) is 89.8 cm³/mol. The minimum Gasteiger partial charge on any atom is -0.356 e. The standard InChI is InChI=1S/C18H22N4O/c1-14-11-22(17-5-3-4-8-20-17)13-16(14)18(23)21(2)12-15-6-9-19-10-7-15/h3-10,14,16H,11-13H2,1-2H3/t14-,16-/m1/s1. The van der Waals surface area contributed by atoms with Crippen LogP contribution in [0.15, 0.2) is 48.9 Å². The second kappa shape index (κ2) is 6.77. The van der Waals surface area contributed by atoms with Crippen LogP contribution in [0.5, 0.6) is 0 Å². The van der Waals surface area contributed by atoms with E-state index in [0.717, 1.165) is 24.5 Å². The van der Waals surface area contributed by atoms with Gasteiger partial charge in [-0.2, -0.15) is 0 Å². The number of rotatable bonds is 4. The molecule has 1 fully saturated rings.